The molecule has 2 aromatic heterocycles. The third kappa shape index (κ3) is 5.84. The number of hydrogen-bond acceptors (Lipinski definition) is 6. The summed E-state index contributed by atoms with van der Waals surface area (Å²) in [5, 5.41) is 22.0. The molecular formula is C28H40N6O. The van der Waals surface area contributed by atoms with Gasteiger partial charge in [0.25, 0.3) is 0 Å². The number of benzene rings is 1. The summed E-state index contributed by atoms with van der Waals surface area (Å²) in [4.78, 5) is 9.73. The van der Waals surface area contributed by atoms with Gasteiger partial charge in [0.15, 0.2) is 0 Å². The predicted molar refractivity (Wildman–Crippen MR) is 141 cm³/mol. The molecule has 3 aromatic rings. The van der Waals surface area contributed by atoms with Crippen LogP contribution in [0, 0.1) is 0 Å². The zero-order valence-corrected chi connectivity index (χ0v) is 21.0. The fraction of sp³-hybridized carbons (Fsp3) is 0.607. The van der Waals surface area contributed by atoms with Crippen molar-refractivity contribution in [2.75, 3.05) is 11.9 Å². The molecule has 5 rings (SSSR count). The third-order valence-corrected chi connectivity index (χ3v) is 7.72. The van der Waals surface area contributed by atoms with E-state index in [0.717, 1.165) is 74.2 Å². The topological polar surface area (TPSA) is 87.4 Å². The Morgan fingerprint density at radius 2 is 1.77 bits per heavy atom. The van der Waals surface area contributed by atoms with Crippen LogP contribution in [0.1, 0.15) is 94.9 Å². The highest BCUT2D eigenvalue weighted by Crippen LogP contribution is 2.35. The summed E-state index contributed by atoms with van der Waals surface area (Å²) < 4.78 is 2.00. The highest BCUT2D eigenvalue weighted by molar-refractivity contribution is 5.77. The zero-order chi connectivity index (χ0) is 24.0. The highest BCUT2D eigenvalue weighted by atomic mass is 16.3. The maximum Gasteiger partial charge on any atom is 0.241 e. The van der Waals surface area contributed by atoms with Crippen LogP contribution in [0.2, 0.25) is 0 Å². The lowest BCUT2D eigenvalue weighted by atomic mass is 9.87. The third-order valence-electron chi connectivity index (χ3n) is 7.72. The summed E-state index contributed by atoms with van der Waals surface area (Å²) >= 11 is 0. The van der Waals surface area contributed by atoms with E-state index in [1.807, 2.05) is 10.7 Å². The summed E-state index contributed by atoms with van der Waals surface area (Å²) in [6.07, 6.45) is 14.2. The van der Waals surface area contributed by atoms with Gasteiger partial charge >= 0.3 is 0 Å². The van der Waals surface area contributed by atoms with E-state index < -0.39 is 0 Å². The van der Waals surface area contributed by atoms with Gasteiger partial charge in [0.1, 0.15) is 11.3 Å². The number of anilines is 1. The van der Waals surface area contributed by atoms with E-state index in [1.54, 1.807) is 0 Å². The van der Waals surface area contributed by atoms with Gasteiger partial charge in [-0.25, -0.2) is 14.5 Å². The van der Waals surface area contributed by atoms with Crippen LogP contribution in [0.5, 0.6) is 0 Å². The summed E-state index contributed by atoms with van der Waals surface area (Å²) in [5.41, 5.74) is 4.29. The smallest absolute Gasteiger partial charge is 0.241 e. The average molecular weight is 477 g/mol. The Morgan fingerprint density at radius 1 is 1.00 bits per heavy atom. The normalized spacial score (nSPS) is 21.4. The molecule has 1 aromatic carbocycles. The number of hydrogen-bond donors (Lipinski definition) is 3. The van der Waals surface area contributed by atoms with Crippen molar-refractivity contribution in [2.24, 2.45) is 0 Å². The van der Waals surface area contributed by atoms with E-state index in [1.165, 1.54) is 37.7 Å². The first-order chi connectivity index (χ1) is 17.2. The molecule has 3 N–H and O–H groups in total. The van der Waals surface area contributed by atoms with Crippen molar-refractivity contribution in [3.63, 3.8) is 0 Å². The van der Waals surface area contributed by atoms with E-state index in [-0.39, 0.29) is 6.10 Å². The number of fused-ring (bicyclic) bond motifs is 1. The van der Waals surface area contributed by atoms with Crippen molar-refractivity contribution >= 4 is 11.5 Å². The van der Waals surface area contributed by atoms with Crippen LogP contribution in [0.4, 0.5) is 5.95 Å². The molecule has 188 valence electrons. The number of aliphatic hydroxyl groups is 1. The van der Waals surface area contributed by atoms with Gasteiger partial charge in [-0.3, -0.25) is 0 Å². The summed E-state index contributed by atoms with van der Waals surface area (Å²) in [5.74, 6) is 1.94. The van der Waals surface area contributed by atoms with E-state index in [4.69, 9.17) is 10.1 Å². The minimum Gasteiger partial charge on any atom is -0.393 e. The van der Waals surface area contributed by atoms with Gasteiger partial charge in [0.2, 0.25) is 5.95 Å². The second-order valence-corrected chi connectivity index (χ2v) is 10.4. The molecule has 0 saturated heterocycles. The molecule has 7 nitrogen and oxygen atoms in total. The number of aromatic nitrogens is 4. The first-order valence-electron chi connectivity index (χ1n) is 13.7. The lowest BCUT2D eigenvalue weighted by molar-refractivity contribution is 0.121. The Labute approximate surface area is 208 Å². The lowest BCUT2D eigenvalue weighted by Crippen LogP contribution is -2.30. The first kappa shape index (κ1) is 24.2. The molecule has 2 heterocycles. The Balaban J connectivity index is 1.39. The molecule has 0 aliphatic heterocycles. The second-order valence-electron chi connectivity index (χ2n) is 10.4. The molecular weight excluding hydrogens is 436 g/mol. The zero-order valence-electron chi connectivity index (χ0n) is 21.0. The van der Waals surface area contributed by atoms with Gasteiger partial charge in [-0.2, -0.15) is 0 Å². The van der Waals surface area contributed by atoms with Gasteiger partial charge in [0.05, 0.1) is 18.0 Å². The van der Waals surface area contributed by atoms with Gasteiger partial charge in [0, 0.05) is 30.6 Å². The van der Waals surface area contributed by atoms with E-state index >= 15 is 0 Å². The van der Waals surface area contributed by atoms with Gasteiger partial charge in [-0.05, 0) is 50.5 Å². The maximum absolute atomic E-state index is 10.0. The molecule has 0 radical (unpaired) electrons. The van der Waals surface area contributed by atoms with Crippen LogP contribution >= 0.6 is 0 Å². The summed E-state index contributed by atoms with van der Waals surface area (Å²) in [6.45, 7) is 3.96. The number of unbranched alkanes of at least 4 members (excludes halogenated alkanes) is 1. The Bertz CT molecular complexity index is 1080. The molecule has 2 saturated carbocycles. The van der Waals surface area contributed by atoms with Crippen LogP contribution in [0.25, 0.3) is 16.8 Å². The lowest BCUT2D eigenvalue weighted by Gasteiger charge is -2.24. The molecule has 0 atom stereocenters. The molecule has 2 aliphatic carbocycles. The van der Waals surface area contributed by atoms with Crippen molar-refractivity contribution in [1.29, 1.82) is 0 Å². The summed E-state index contributed by atoms with van der Waals surface area (Å²) in [7, 11) is 0. The SMILES string of the molecule is CCCCNc1ncc2c(-c3ccc(CNC4CCCCC4)cc3)nc(C3CCC(O)CC3)n2n1. The minimum absolute atomic E-state index is 0.187. The average Bonchev–Trinajstić information content (AvgIpc) is 3.28. The van der Waals surface area contributed by atoms with Gasteiger partial charge in [-0.1, -0.05) is 56.9 Å². The Kier molecular flexibility index (Phi) is 7.94. The molecule has 0 amide bonds. The van der Waals surface area contributed by atoms with Gasteiger partial charge < -0.3 is 15.7 Å². The fourth-order valence-corrected chi connectivity index (χ4v) is 5.52. The van der Waals surface area contributed by atoms with Gasteiger partial charge in [-0.15, -0.1) is 5.10 Å². The predicted octanol–water partition coefficient (Wildman–Crippen LogP) is 5.44. The maximum atomic E-state index is 10.0. The summed E-state index contributed by atoms with van der Waals surface area (Å²) in [6, 6.07) is 9.46. The Morgan fingerprint density at radius 3 is 2.51 bits per heavy atom. The monoisotopic (exact) mass is 476 g/mol. The van der Waals surface area contributed by atoms with E-state index in [2.05, 4.69) is 46.8 Å². The molecule has 0 spiro atoms. The molecule has 7 heteroatoms. The fourth-order valence-electron chi connectivity index (χ4n) is 5.52. The van der Waals surface area contributed by atoms with Crippen molar-refractivity contribution < 1.29 is 5.11 Å². The standard InChI is InChI=1S/C28H40N6O/c1-2-3-17-29-28-31-19-25-26(32-27(34(25)33-28)22-13-15-24(35)16-14-22)21-11-9-20(10-12-21)18-30-23-7-5-4-6-8-23/h9-12,19,22-24,30,35H,2-8,13-18H2,1H3,(H,29,33). The van der Waals surface area contributed by atoms with Crippen LogP contribution in [0.15, 0.2) is 30.5 Å². The van der Waals surface area contributed by atoms with Crippen molar-refractivity contribution in [2.45, 2.75) is 102 Å². The number of imidazole rings is 1. The van der Waals surface area contributed by atoms with Crippen LogP contribution in [-0.4, -0.2) is 43.4 Å². The number of rotatable bonds is 9. The largest absolute Gasteiger partial charge is 0.393 e. The molecule has 2 aliphatic rings. The van der Waals surface area contributed by atoms with Crippen LogP contribution in [0.3, 0.4) is 0 Å². The number of aliphatic hydroxyl groups excluding tert-OH is 1. The number of nitrogens with one attached hydrogen (secondary N) is 2. The van der Waals surface area contributed by atoms with Crippen molar-refractivity contribution in [3.8, 4) is 11.3 Å². The van der Waals surface area contributed by atoms with Crippen molar-refractivity contribution in [1.82, 2.24) is 24.9 Å². The Hall–Kier alpha value is -2.51. The quantitative estimate of drug-likeness (QED) is 0.356. The molecule has 35 heavy (non-hydrogen) atoms. The van der Waals surface area contributed by atoms with E-state index in [0.29, 0.717) is 17.9 Å². The van der Waals surface area contributed by atoms with E-state index in [9.17, 15) is 5.11 Å². The first-order valence-corrected chi connectivity index (χ1v) is 13.7. The van der Waals surface area contributed by atoms with Crippen molar-refractivity contribution in [3.05, 3.63) is 41.9 Å². The molecule has 2 fully saturated rings. The second kappa shape index (κ2) is 11.5. The minimum atomic E-state index is -0.187. The highest BCUT2D eigenvalue weighted by Gasteiger charge is 2.27. The molecule has 0 unspecified atom stereocenters. The van der Waals surface area contributed by atoms with Crippen LogP contribution in [-0.2, 0) is 6.54 Å². The number of nitrogens with zero attached hydrogens (tertiary/aromatic N) is 4. The molecule has 0 bridgehead atoms. The van der Waals surface area contributed by atoms with Crippen LogP contribution < -0.4 is 10.6 Å².